The maximum Gasteiger partial charge on any atom is 0.228 e. The van der Waals surface area contributed by atoms with Crippen LogP contribution in [-0.4, -0.2) is 37.5 Å². The quantitative estimate of drug-likeness (QED) is 0.745. The highest BCUT2D eigenvalue weighted by atomic mass is 32.1. The minimum absolute atomic E-state index is 0.0452. The van der Waals surface area contributed by atoms with Crippen LogP contribution in [0.1, 0.15) is 18.2 Å². The Morgan fingerprint density at radius 2 is 2.29 bits per heavy atom. The van der Waals surface area contributed by atoms with Gasteiger partial charge < -0.3 is 4.90 Å². The molecule has 0 saturated carbocycles. The van der Waals surface area contributed by atoms with E-state index < -0.39 is 0 Å². The molecule has 1 aromatic carbocycles. The van der Waals surface area contributed by atoms with Crippen LogP contribution >= 0.6 is 11.3 Å². The van der Waals surface area contributed by atoms with Crippen molar-refractivity contribution in [3.05, 3.63) is 53.0 Å². The Morgan fingerprint density at radius 3 is 3.00 bits per heavy atom. The first-order chi connectivity index (χ1) is 11.7. The van der Waals surface area contributed by atoms with Gasteiger partial charge in [-0.15, -0.1) is 11.3 Å². The van der Waals surface area contributed by atoms with Crippen molar-refractivity contribution in [2.45, 2.75) is 19.9 Å². The number of nitrogens with zero attached hydrogens (tertiary/aromatic N) is 4. The van der Waals surface area contributed by atoms with Crippen molar-refractivity contribution >= 4 is 17.2 Å². The van der Waals surface area contributed by atoms with E-state index in [1.165, 1.54) is 29.8 Å². The number of nitrogens with one attached hydrogen (secondary N) is 1. The van der Waals surface area contributed by atoms with Crippen molar-refractivity contribution in [3.8, 4) is 10.8 Å². The van der Waals surface area contributed by atoms with Gasteiger partial charge in [0.1, 0.15) is 12.1 Å². The number of aromatic amines is 1. The third-order valence-electron chi connectivity index (χ3n) is 3.50. The molecule has 24 heavy (non-hydrogen) atoms. The van der Waals surface area contributed by atoms with E-state index in [9.17, 15) is 9.18 Å². The van der Waals surface area contributed by atoms with Gasteiger partial charge in [0.25, 0.3) is 0 Å². The lowest BCUT2D eigenvalue weighted by molar-refractivity contribution is -0.130. The van der Waals surface area contributed by atoms with Crippen LogP contribution < -0.4 is 0 Å². The molecule has 1 N–H and O–H groups in total. The van der Waals surface area contributed by atoms with Crippen molar-refractivity contribution in [3.63, 3.8) is 0 Å². The van der Waals surface area contributed by atoms with Crippen molar-refractivity contribution in [1.82, 2.24) is 25.1 Å². The fraction of sp³-hybridized carbons (Fsp3) is 0.250. The number of carbonyl (C=O) groups excluding carboxylic acids is 1. The van der Waals surface area contributed by atoms with Crippen molar-refractivity contribution in [2.24, 2.45) is 0 Å². The molecular formula is C16H16FN5OS. The Morgan fingerprint density at radius 1 is 1.42 bits per heavy atom. The van der Waals surface area contributed by atoms with E-state index >= 15 is 0 Å². The molecular weight excluding hydrogens is 329 g/mol. The monoisotopic (exact) mass is 345 g/mol. The second kappa shape index (κ2) is 7.31. The molecule has 0 atom stereocenters. The van der Waals surface area contributed by atoms with E-state index in [0.717, 1.165) is 5.56 Å². The molecule has 0 aliphatic rings. The maximum absolute atomic E-state index is 13.3. The van der Waals surface area contributed by atoms with E-state index in [1.807, 2.05) is 18.4 Å². The lowest BCUT2D eigenvalue weighted by Crippen LogP contribution is -2.31. The first-order valence-electron chi connectivity index (χ1n) is 7.48. The van der Waals surface area contributed by atoms with E-state index in [2.05, 4.69) is 20.2 Å². The predicted octanol–water partition coefficient (Wildman–Crippen LogP) is 2.66. The van der Waals surface area contributed by atoms with Crippen LogP contribution in [-0.2, 0) is 17.8 Å². The summed E-state index contributed by atoms with van der Waals surface area (Å²) in [6.45, 7) is 2.83. The van der Waals surface area contributed by atoms with E-state index in [-0.39, 0.29) is 18.1 Å². The molecule has 124 valence electrons. The molecule has 0 fully saturated rings. The van der Waals surface area contributed by atoms with Gasteiger partial charge in [0.05, 0.1) is 12.1 Å². The van der Waals surface area contributed by atoms with Crippen molar-refractivity contribution in [1.29, 1.82) is 0 Å². The predicted molar refractivity (Wildman–Crippen MR) is 88.7 cm³/mol. The number of rotatable bonds is 6. The number of amides is 1. The molecule has 2 aromatic heterocycles. The van der Waals surface area contributed by atoms with Crippen LogP contribution in [0.4, 0.5) is 4.39 Å². The van der Waals surface area contributed by atoms with Gasteiger partial charge in [-0.3, -0.25) is 9.89 Å². The fourth-order valence-corrected chi connectivity index (χ4v) is 3.07. The molecule has 0 spiro atoms. The van der Waals surface area contributed by atoms with Gasteiger partial charge in [-0.05, 0) is 24.6 Å². The number of benzene rings is 1. The number of carbonyl (C=O) groups is 1. The number of thiazole rings is 1. The number of hydrogen-bond acceptors (Lipinski definition) is 5. The Balaban J connectivity index is 1.66. The van der Waals surface area contributed by atoms with Crippen molar-refractivity contribution in [2.75, 3.05) is 6.54 Å². The molecule has 0 aliphatic carbocycles. The summed E-state index contributed by atoms with van der Waals surface area (Å²) in [5.41, 5.74) is 1.46. The van der Waals surface area contributed by atoms with E-state index in [4.69, 9.17) is 0 Å². The van der Waals surface area contributed by atoms with Crippen LogP contribution in [0.5, 0.6) is 0 Å². The summed E-state index contributed by atoms with van der Waals surface area (Å²) in [6.07, 6.45) is 1.62. The minimum atomic E-state index is -0.299. The number of halogens is 1. The van der Waals surface area contributed by atoms with Crippen molar-refractivity contribution < 1.29 is 9.18 Å². The lowest BCUT2D eigenvalue weighted by Gasteiger charge is -2.20. The lowest BCUT2D eigenvalue weighted by atomic mass is 10.2. The summed E-state index contributed by atoms with van der Waals surface area (Å²) in [5, 5.41) is 9.07. The first kappa shape index (κ1) is 16.3. The largest absolute Gasteiger partial charge is 0.338 e. The molecule has 2 heterocycles. The Labute approximate surface area is 142 Å². The molecule has 8 heteroatoms. The molecule has 3 rings (SSSR count). The zero-order valence-corrected chi connectivity index (χ0v) is 13.9. The van der Waals surface area contributed by atoms with Gasteiger partial charge in [-0.1, -0.05) is 12.1 Å². The van der Waals surface area contributed by atoms with Gasteiger partial charge in [0.2, 0.25) is 5.91 Å². The first-order valence-corrected chi connectivity index (χ1v) is 8.36. The normalized spacial score (nSPS) is 10.8. The Bertz CT molecular complexity index is 818. The number of hydrogen-bond donors (Lipinski definition) is 1. The SMILES string of the molecule is CCN(Cc1cccc(F)c1)C(=O)Cc1csc(-c2ncn[nH]2)n1. The van der Waals surface area contributed by atoms with E-state index in [0.29, 0.717) is 29.6 Å². The highest BCUT2D eigenvalue weighted by Gasteiger charge is 2.16. The van der Waals surface area contributed by atoms with Gasteiger partial charge in [0, 0.05) is 18.5 Å². The third kappa shape index (κ3) is 3.83. The smallest absolute Gasteiger partial charge is 0.228 e. The Kier molecular flexibility index (Phi) is 4.95. The molecule has 0 unspecified atom stereocenters. The third-order valence-corrected chi connectivity index (χ3v) is 4.40. The topological polar surface area (TPSA) is 74.8 Å². The van der Waals surface area contributed by atoms with Gasteiger partial charge >= 0.3 is 0 Å². The number of aromatic nitrogens is 4. The summed E-state index contributed by atoms with van der Waals surface area (Å²) in [5.74, 6) is 0.245. The molecule has 6 nitrogen and oxygen atoms in total. The second-order valence-electron chi connectivity index (χ2n) is 5.19. The average Bonchev–Trinajstić information content (AvgIpc) is 3.23. The zero-order valence-electron chi connectivity index (χ0n) is 13.1. The maximum atomic E-state index is 13.3. The number of H-pyrrole nitrogens is 1. The highest BCUT2D eigenvalue weighted by molar-refractivity contribution is 7.13. The van der Waals surface area contributed by atoms with Gasteiger partial charge in [-0.25, -0.2) is 14.4 Å². The average molecular weight is 345 g/mol. The van der Waals surface area contributed by atoms with Gasteiger partial charge in [-0.2, -0.15) is 5.10 Å². The minimum Gasteiger partial charge on any atom is -0.338 e. The fourth-order valence-electron chi connectivity index (χ4n) is 2.30. The molecule has 0 radical (unpaired) electrons. The van der Waals surface area contributed by atoms with Crippen LogP contribution in [0, 0.1) is 5.82 Å². The second-order valence-corrected chi connectivity index (χ2v) is 6.05. The summed E-state index contributed by atoms with van der Waals surface area (Å²) >= 11 is 1.41. The van der Waals surface area contributed by atoms with Crippen LogP contribution in [0.25, 0.3) is 10.8 Å². The summed E-state index contributed by atoms with van der Waals surface area (Å²) in [6, 6.07) is 6.29. The number of likely N-dealkylation sites (N-methyl/N-ethyl adjacent to an activating group) is 1. The standard InChI is InChI=1S/C16H16FN5OS/c1-2-22(8-11-4-3-5-12(17)6-11)14(23)7-13-9-24-16(20-13)15-18-10-19-21-15/h3-6,9-10H,2,7-8H2,1H3,(H,18,19,21). The molecule has 0 saturated heterocycles. The molecule has 3 aromatic rings. The molecule has 0 aliphatic heterocycles. The molecule has 0 bridgehead atoms. The Hall–Kier alpha value is -2.61. The van der Waals surface area contributed by atoms with Crippen LogP contribution in [0.15, 0.2) is 36.0 Å². The highest BCUT2D eigenvalue weighted by Crippen LogP contribution is 2.20. The zero-order chi connectivity index (χ0) is 16.9. The van der Waals surface area contributed by atoms with Crippen LogP contribution in [0.3, 0.4) is 0 Å². The summed E-state index contributed by atoms with van der Waals surface area (Å²) in [4.78, 5) is 22.6. The summed E-state index contributed by atoms with van der Waals surface area (Å²) in [7, 11) is 0. The van der Waals surface area contributed by atoms with E-state index in [1.54, 1.807) is 11.0 Å². The summed E-state index contributed by atoms with van der Waals surface area (Å²) < 4.78 is 13.3. The van der Waals surface area contributed by atoms with Crippen LogP contribution in [0.2, 0.25) is 0 Å². The molecule has 1 amide bonds. The van der Waals surface area contributed by atoms with Gasteiger partial charge in [0.15, 0.2) is 10.8 Å².